The molecular formula is C15H26. The van der Waals surface area contributed by atoms with E-state index in [1.54, 1.807) is 0 Å². The molecule has 86 valence electrons. The molecule has 0 aromatic carbocycles. The molecule has 0 aromatic heterocycles. The van der Waals surface area contributed by atoms with Crippen molar-refractivity contribution in [3.8, 4) is 0 Å². The fourth-order valence-corrected chi connectivity index (χ4v) is 2.48. The first-order valence-corrected chi connectivity index (χ1v) is 6.64. The van der Waals surface area contributed by atoms with E-state index in [1.807, 2.05) is 0 Å². The third kappa shape index (κ3) is 5.20. The zero-order valence-electron chi connectivity index (χ0n) is 10.3. The van der Waals surface area contributed by atoms with Gasteiger partial charge in [0.2, 0.25) is 0 Å². The normalized spacial score (nSPS) is 27.0. The van der Waals surface area contributed by atoms with E-state index < -0.39 is 0 Å². The summed E-state index contributed by atoms with van der Waals surface area (Å²) < 4.78 is 0. The minimum absolute atomic E-state index is 0.886. The lowest BCUT2D eigenvalue weighted by Gasteiger charge is -2.26. The summed E-state index contributed by atoms with van der Waals surface area (Å²) in [4.78, 5) is 0. The zero-order valence-corrected chi connectivity index (χ0v) is 10.3. The molecule has 0 N–H and O–H groups in total. The van der Waals surface area contributed by atoms with Crippen molar-refractivity contribution in [3.05, 3.63) is 24.8 Å². The van der Waals surface area contributed by atoms with E-state index in [0.29, 0.717) is 0 Å². The molecule has 15 heavy (non-hydrogen) atoms. The van der Waals surface area contributed by atoms with E-state index in [2.05, 4.69) is 31.7 Å². The first-order valence-electron chi connectivity index (χ1n) is 6.64. The van der Waals surface area contributed by atoms with Crippen LogP contribution in [0.25, 0.3) is 0 Å². The van der Waals surface area contributed by atoms with Crippen LogP contribution >= 0.6 is 0 Å². The summed E-state index contributed by atoms with van der Waals surface area (Å²) in [6.07, 6.45) is 17.8. The van der Waals surface area contributed by atoms with Crippen LogP contribution in [0.5, 0.6) is 0 Å². The van der Waals surface area contributed by atoms with Crippen molar-refractivity contribution in [3.63, 3.8) is 0 Å². The van der Waals surface area contributed by atoms with Crippen molar-refractivity contribution < 1.29 is 0 Å². The molecule has 1 fully saturated rings. The highest BCUT2D eigenvalue weighted by Crippen LogP contribution is 2.32. The van der Waals surface area contributed by atoms with Gasteiger partial charge in [-0.25, -0.2) is 0 Å². The molecule has 1 saturated carbocycles. The maximum atomic E-state index is 3.80. The van der Waals surface area contributed by atoms with Crippen molar-refractivity contribution in [2.75, 3.05) is 0 Å². The van der Waals surface area contributed by atoms with Crippen molar-refractivity contribution in [2.24, 2.45) is 11.8 Å². The summed E-state index contributed by atoms with van der Waals surface area (Å²) >= 11 is 0. The molecule has 0 amide bonds. The third-order valence-corrected chi connectivity index (χ3v) is 3.53. The van der Waals surface area contributed by atoms with Crippen LogP contribution < -0.4 is 0 Å². The molecule has 0 atom stereocenters. The third-order valence-electron chi connectivity index (χ3n) is 3.53. The molecule has 0 heteroatoms. The lowest BCUT2D eigenvalue weighted by atomic mass is 9.80. The highest BCUT2D eigenvalue weighted by atomic mass is 14.2. The maximum absolute atomic E-state index is 3.80. The Morgan fingerprint density at radius 2 is 1.87 bits per heavy atom. The fraction of sp³-hybridized carbons (Fsp3) is 0.733. The first kappa shape index (κ1) is 12.5. The molecule has 0 aromatic rings. The van der Waals surface area contributed by atoms with Crippen LogP contribution in [0.1, 0.15) is 58.3 Å². The van der Waals surface area contributed by atoms with Gasteiger partial charge in [0.05, 0.1) is 0 Å². The smallest absolute Gasteiger partial charge is 0.0233 e. The highest BCUT2D eigenvalue weighted by molar-refractivity contribution is 4.91. The molecule has 1 aliphatic rings. The lowest BCUT2D eigenvalue weighted by Crippen LogP contribution is -2.12. The Labute approximate surface area is 95.5 Å². The predicted octanol–water partition coefficient (Wildman–Crippen LogP) is 5.12. The van der Waals surface area contributed by atoms with Gasteiger partial charge >= 0.3 is 0 Å². The summed E-state index contributed by atoms with van der Waals surface area (Å²) in [7, 11) is 0. The van der Waals surface area contributed by atoms with Gasteiger partial charge in [-0.15, -0.1) is 6.58 Å². The Bertz CT molecular complexity index is 182. The average Bonchev–Trinajstić information content (AvgIpc) is 2.28. The van der Waals surface area contributed by atoms with Crippen molar-refractivity contribution in [1.29, 1.82) is 0 Å². The number of unbranched alkanes of at least 4 members (excludes halogenated alkanes) is 1. The zero-order chi connectivity index (χ0) is 10.9. The summed E-state index contributed by atoms with van der Waals surface area (Å²) in [5.74, 6) is 1.87. The van der Waals surface area contributed by atoms with Crippen LogP contribution in [0, 0.1) is 11.8 Å². The van der Waals surface area contributed by atoms with Crippen LogP contribution in [0.3, 0.4) is 0 Å². The van der Waals surface area contributed by atoms with Crippen LogP contribution in [0.4, 0.5) is 0 Å². The van der Waals surface area contributed by atoms with Crippen LogP contribution in [0.15, 0.2) is 24.8 Å². The molecule has 1 rings (SSSR count). The van der Waals surface area contributed by atoms with Crippen molar-refractivity contribution >= 4 is 0 Å². The molecule has 1 aliphatic carbocycles. The Morgan fingerprint density at radius 1 is 1.13 bits per heavy atom. The Hall–Kier alpha value is -0.520. The second kappa shape index (κ2) is 7.73. The molecule has 0 radical (unpaired) electrons. The van der Waals surface area contributed by atoms with Gasteiger partial charge in [-0.2, -0.15) is 0 Å². The van der Waals surface area contributed by atoms with Gasteiger partial charge < -0.3 is 0 Å². The van der Waals surface area contributed by atoms with Gasteiger partial charge in [0, 0.05) is 0 Å². The molecular weight excluding hydrogens is 180 g/mol. The first-order chi connectivity index (χ1) is 7.36. The average molecular weight is 206 g/mol. The summed E-state index contributed by atoms with van der Waals surface area (Å²) in [5.41, 5.74) is 0. The van der Waals surface area contributed by atoms with Gasteiger partial charge in [-0.1, -0.05) is 31.6 Å². The molecule has 0 aliphatic heterocycles. The van der Waals surface area contributed by atoms with Crippen LogP contribution in [-0.4, -0.2) is 0 Å². The summed E-state index contributed by atoms with van der Waals surface area (Å²) in [6.45, 7) is 6.05. The number of rotatable bonds is 6. The molecule has 0 saturated heterocycles. The van der Waals surface area contributed by atoms with Gasteiger partial charge in [-0.3, -0.25) is 0 Å². The Kier molecular flexibility index (Phi) is 6.47. The number of hydrogen-bond donors (Lipinski definition) is 0. The Morgan fingerprint density at radius 3 is 2.47 bits per heavy atom. The quantitative estimate of drug-likeness (QED) is 0.529. The topological polar surface area (TPSA) is 0 Å². The van der Waals surface area contributed by atoms with Crippen LogP contribution in [-0.2, 0) is 0 Å². The number of hydrogen-bond acceptors (Lipinski definition) is 0. The lowest BCUT2D eigenvalue weighted by molar-refractivity contribution is 0.297. The minimum atomic E-state index is 0.886. The van der Waals surface area contributed by atoms with E-state index in [0.717, 1.165) is 11.8 Å². The Balaban J connectivity index is 2.14. The second-order valence-corrected chi connectivity index (χ2v) is 4.86. The number of allylic oxidation sites excluding steroid dienone is 3. The largest absolute Gasteiger partial charge is 0.103 e. The van der Waals surface area contributed by atoms with E-state index in [1.165, 1.54) is 51.4 Å². The standard InChI is InChI=1S/C15H26/c1-3-5-7-9-15-12-10-14(11-13-15)8-6-4-2/h4,7,9,14-15H,2-3,5-6,8,10-13H2,1H3/b9-7+. The predicted molar refractivity (Wildman–Crippen MR) is 68.9 cm³/mol. The van der Waals surface area contributed by atoms with Crippen molar-refractivity contribution in [2.45, 2.75) is 58.3 Å². The van der Waals surface area contributed by atoms with Gasteiger partial charge in [0.25, 0.3) is 0 Å². The highest BCUT2D eigenvalue weighted by Gasteiger charge is 2.18. The van der Waals surface area contributed by atoms with E-state index in [9.17, 15) is 0 Å². The monoisotopic (exact) mass is 206 g/mol. The van der Waals surface area contributed by atoms with Gasteiger partial charge in [-0.05, 0) is 56.8 Å². The molecule has 0 nitrogen and oxygen atoms in total. The molecule has 0 heterocycles. The van der Waals surface area contributed by atoms with Crippen LogP contribution in [0.2, 0.25) is 0 Å². The molecule has 0 spiro atoms. The van der Waals surface area contributed by atoms with Crippen molar-refractivity contribution in [1.82, 2.24) is 0 Å². The van der Waals surface area contributed by atoms with Gasteiger partial charge in [0.1, 0.15) is 0 Å². The second-order valence-electron chi connectivity index (χ2n) is 4.86. The maximum Gasteiger partial charge on any atom is -0.0233 e. The SMILES string of the molecule is C=CCCC1CCC(/C=C/CCC)CC1. The summed E-state index contributed by atoms with van der Waals surface area (Å²) in [5, 5.41) is 0. The minimum Gasteiger partial charge on any atom is -0.103 e. The van der Waals surface area contributed by atoms with E-state index in [-0.39, 0.29) is 0 Å². The van der Waals surface area contributed by atoms with E-state index >= 15 is 0 Å². The summed E-state index contributed by atoms with van der Waals surface area (Å²) in [6, 6.07) is 0. The molecule has 0 unspecified atom stereocenters. The van der Waals surface area contributed by atoms with Gasteiger partial charge in [0.15, 0.2) is 0 Å². The molecule has 0 bridgehead atoms. The van der Waals surface area contributed by atoms with E-state index in [4.69, 9.17) is 0 Å². The fourth-order valence-electron chi connectivity index (χ4n) is 2.48.